The van der Waals surface area contributed by atoms with Crippen molar-refractivity contribution in [3.63, 3.8) is 0 Å². The molecule has 0 amide bonds. The molecule has 2 rings (SSSR count). The molecule has 0 bridgehead atoms. The number of nitrogens with one attached hydrogen (secondary N) is 1. The minimum absolute atomic E-state index is 0.0740. The van der Waals surface area contributed by atoms with Crippen molar-refractivity contribution in [3.8, 4) is 5.75 Å². The lowest BCUT2D eigenvalue weighted by atomic mass is 10.0. The standard InChI is InChI=1S/C17H21F3N2O5/c1-16(2,3)27-15(23)14-10(4-5-21-14)9-26-13-7-11(17(18,19)20)6-12(8-13)22(24)25/h6-8,10,14,21H,4-5,9H2,1-3H3. The number of ether oxygens (including phenoxy) is 2. The van der Waals surface area contributed by atoms with E-state index in [1.54, 1.807) is 20.8 Å². The van der Waals surface area contributed by atoms with Gasteiger partial charge >= 0.3 is 12.1 Å². The SMILES string of the molecule is CC(C)(C)OC(=O)C1NCCC1COc1cc([N+](=O)[O-])cc(C(F)(F)F)c1. The maximum atomic E-state index is 12.9. The summed E-state index contributed by atoms with van der Waals surface area (Å²) >= 11 is 0. The summed E-state index contributed by atoms with van der Waals surface area (Å²) in [5.74, 6) is -1.07. The van der Waals surface area contributed by atoms with Gasteiger partial charge in [0.15, 0.2) is 0 Å². The first-order chi connectivity index (χ1) is 12.4. The van der Waals surface area contributed by atoms with Crippen molar-refractivity contribution in [2.24, 2.45) is 5.92 Å². The lowest BCUT2D eigenvalue weighted by molar-refractivity contribution is -0.385. The summed E-state index contributed by atoms with van der Waals surface area (Å²) in [6.45, 7) is 5.64. The number of hydrogen-bond donors (Lipinski definition) is 1. The number of hydrogen-bond acceptors (Lipinski definition) is 6. The van der Waals surface area contributed by atoms with E-state index in [1.807, 2.05) is 0 Å². The Balaban J connectivity index is 2.12. The monoisotopic (exact) mass is 390 g/mol. The number of non-ortho nitro benzene ring substituents is 1. The van der Waals surface area contributed by atoms with Gasteiger partial charge < -0.3 is 14.8 Å². The van der Waals surface area contributed by atoms with Gasteiger partial charge in [-0.2, -0.15) is 13.2 Å². The zero-order chi connectivity index (χ0) is 20.4. The Labute approximate surface area is 154 Å². The Kier molecular flexibility index (Phi) is 5.98. The molecule has 1 aliphatic heterocycles. The number of nitrogens with zero attached hydrogens (tertiary/aromatic N) is 1. The molecule has 2 unspecified atom stereocenters. The van der Waals surface area contributed by atoms with Crippen LogP contribution in [-0.4, -0.2) is 35.7 Å². The van der Waals surface area contributed by atoms with Gasteiger partial charge in [-0.15, -0.1) is 0 Å². The van der Waals surface area contributed by atoms with Crippen LogP contribution in [-0.2, 0) is 15.7 Å². The van der Waals surface area contributed by atoms with Gasteiger partial charge in [0.25, 0.3) is 5.69 Å². The molecule has 1 aromatic carbocycles. The molecular weight excluding hydrogens is 369 g/mol. The van der Waals surface area contributed by atoms with Crippen LogP contribution in [0.25, 0.3) is 0 Å². The summed E-state index contributed by atoms with van der Waals surface area (Å²) in [6, 6.07) is 1.44. The highest BCUT2D eigenvalue weighted by molar-refractivity contribution is 5.77. The number of esters is 1. The zero-order valence-electron chi connectivity index (χ0n) is 15.1. The van der Waals surface area contributed by atoms with E-state index >= 15 is 0 Å². The number of alkyl halides is 3. The van der Waals surface area contributed by atoms with Crippen LogP contribution in [0.1, 0.15) is 32.8 Å². The van der Waals surface area contributed by atoms with Crippen molar-refractivity contribution < 1.29 is 32.4 Å². The second kappa shape index (κ2) is 7.71. The number of carbonyl (C=O) groups is 1. The van der Waals surface area contributed by atoms with Gasteiger partial charge in [0.1, 0.15) is 17.4 Å². The Bertz CT molecular complexity index is 716. The maximum Gasteiger partial charge on any atom is 0.416 e. The fraction of sp³-hybridized carbons (Fsp3) is 0.588. The average molecular weight is 390 g/mol. The third kappa shape index (κ3) is 5.81. The first-order valence-electron chi connectivity index (χ1n) is 8.32. The summed E-state index contributed by atoms with van der Waals surface area (Å²) in [4.78, 5) is 22.2. The van der Waals surface area contributed by atoms with Gasteiger partial charge in [0.2, 0.25) is 0 Å². The number of halogens is 3. The molecule has 0 radical (unpaired) electrons. The Hall–Kier alpha value is -2.36. The largest absolute Gasteiger partial charge is 0.493 e. The van der Waals surface area contributed by atoms with Crippen LogP contribution in [0.3, 0.4) is 0 Å². The maximum absolute atomic E-state index is 12.9. The molecule has 150 valence electrons. The summed E-state index contributed by atoms with van der Waals surface area (Å²) in [7, 11) is 0. The van der Waals surface area contributed by atoms with Gasteiger partial charge in [0, 0.05) is 12.0 Å². The summed E-state index contributed by atoms with van der Waals surface area (Å²) < 4.78 is 49.5. The minimum Gasteiger partial charge on any atom is -0.493 e. The van der Waals surface area contributed by atoms with E-state index in [4.69, 9.17) is 9.47 Å². The summed E-state index contributed by atoms with van der Waals surface area (Å²) in [5, 5.41) is 13.9. The molecule has 7 nitrogen and oxygen atoms in total. The summed E-state index contributed by atoms with van der Waals surface area (Å²) in [5.41, 5.74) is -2.55. The van der Waals surface area contributed by atoms with E-state index in [-0.39, 0.29) is 18.3 Å². The van der Waals surface area contributed by atoms with Gasteiger partial charge in [-0.25, -0.2) is 0 Å². The van der Waals surface area contributed by atoms with E-state index in [0.29, 0.717) is 25.1 Å². The van der Waals surface area contributed by atoms with Crippen LogP contribution < -0.4 is 10.1 Å². The van der Waals surface area contributed by atoms with E-state index in [9.17, 15) is 28.1 Å². The molecule has 1 fully saturated rings. The van der Waals surface area contributed by atoms with E-state index in [1.165, 1.54) is 0 Å². The molecular formula is C17H21F3N2O5. The van der Waals surface area contributed by atoms with E-state index < -0.39 is 40.0 Å². The fourth-order valence-electron chi connectivity index (χ4n) is 2.72. The molecule has 1 aliphatic rings. The first-order valence-corrected chi connectivity index (χ1v) is 8.32. The number of rotatable bonds is 5. The Morgan fingerprint density at radius 1 is 1.30 bits per heavy atom. The van der Waals surface area contributed by atoms with Gasteiger partial charge in [0.05, 0.1) is 23.2 Å². The van der Waals surface area contributed by atoms with Crippen molar-refractivity contribution in [1.29, 1.82) is 0 Å². The van der Waals surface area contributed by atoms with E-state index in [0.717, 1.165) is 6.07 Å². The molecule has 1 aromatic rings. The van der Waals surface area contributed by atoms with Crippen molar-refractivity contribution in [1.82, 2.24) is 5.32 Å². The molecule has 1 saturated heterocycles. The second-order valence-corrected chi connectivity index (χ2v) is 7.30. The number of nitro benzene ring substituents is 1. The predicted octanol–water partition coefficient (Wildman–Crippen LogP) is 3.31. The topological polar surface area (TPSA) is 90.7 Å². The normalized spacial score (nSPS) is 20.4. The first kappa shape index (κ1) is 20.9. The second-order valence-electron chi connectivity index (χ2n) is 7.30. The van der Waals surface area contributed by atoms with Crippen LogP contribution in [0, 0.1) is 16.0 Å². The van der Waals surface area contributed by atoms with Gasteiger partial charge in [-0.05, 0) is 39.8 Å². The lowest BCUT2D eigenvalue weighted by Crippen LogP contribution is -2.42. The predicted molar refractivity (Wildman–Crippen MR) is 89.3 cm³/mol. The van der Waals surface area contributed by atoms with Crippen LogP contribution in [0.2, 0.25) is 0 Å². The lowest BCUT2D eigenvalue weighted by Gasteiger charge is -2.25. The molecule has 0 aromatic heterocycles. The van der Waals surface area contributed by atoms with Gasteiger partial charge in [-0.1, -0.05) is 0 Å². The third-order valence-electron chi connectivity index (χ3n) is 3.91. The third-order valence-corrected chi connectivity index (χ3v) is 3.91. The molecule has 27 heavy (non-hydrogen) atoms. The van der Waals surface area contributed by atoms with Crippen molar-refractivity contribution >= 4 is 11.7 Å². The van der Waals surface area contributed by atoms with Crippen molar-refractivity contribution in [2.45, 2.75) is 45.0 Å². The average Bonchev–Trinajstić information content (AvgIpc) is 2.98. The molecule has 0 aliphatic carbocycles. The highest BCUT2D eigenvalue weighted by atomic mass is 19.4. The van der Waals surface area contributed by atoms with Crippen molar-refractivity contribution in [2.75, 3.05) is 13.2 Å². The highest BCUT2D eigenvalue weighted by Gasteiger charge is 2.37. The summed E-state index contributed by atoms with van der Waals surface area (Å²) in [6.07, 6.45) is -4.18. The Morgan fingerprint density at radius 3 is 2.52 bits per heavy atom. The van der Waals surface area contributed by atoms with Crippen molar-refractivity contribution in [3.05, 3.63) is 33.9 Å². The number of benzene rings is 1. The molecule has 2 atom stereocenters. The zero-order valence-corrected chi connectivity index (χ0v) is 15.1. The molecule has 10 heteroatoms. The van der Waals surface area contributed by atoms with Gasteiger partial charge in [-0.3, -0.25) is 14.9 Å². The van der Waals surface area contributed by atoms with Crippen LogP contribution in [0.5, 0.6) is 5.75 Å². The Morgan fingerprint density at radius 2 is 1.96 bits per heavy atom. The quantitative estimate of drug-likeness (QED) is 0.471. The number of nitro groups is 1. The van der Waals surface area contributed by atoms with E-state index in [2.05, 4.69) is 5.32 Å². The molecule has 1 N–H and O–H groups in total. The molecule has 1 heterocycles. The minimum atomic E-state index is -4.74. The number of carbonyl (C=O) groups excluding carboxylic acids is 1. The molecule has 0 saturated carbocycles. The molecule has 0 spiro atoms. The highest BCUT2D eigenvalue weighted by Crippen LogP contribution is 2.35. The smallest absolute Gasteiger partial charge is 0.416 e. The van der Waals surface area contributed by atoms with Crippen LogP contribution in [0.15, 0.2) is 18.2 Å². The van der Waals surface area contributed by atoms with Crippen LogP contribution >= 0.6 is 0 Å². The van der Waals surface area contributed by atoms with Crippen LogP contribution in [0.4, 0.5) is 18.9 Å². The fourth-order valence-corrected chi connectivity index (χ4v) is 2.72.